The van der Waals surface area contributed by atoms with Gasteiger partial charge in [0.25, 0.3) is 0 Å². The van der Waals surface area contributed by atoms with Crippen molar-refractivity contribution in [2.24, 2.45) is 5.92 Å². The number of hydrogen-bond donors (Lipinski definition) is 0. The maximum atomic E-state index is 14.1. The highest BCUT2D eigenvalue weighted by molar-refractivity contribution is 6.31. The van der Waals surface area contributed by atoms with Gasteiger partial charge in [0, 0.05) is 13.2 Å². The zero-order valence-electron chi connectivity index (χ0n) is 16.6. The topological polar surface area (TPSA) is 55.3 Å². The van der Waals surface area contributed by atoms with E-state index < -0.39 is 5.82 Å². The molecule has 0 saturated heterocycles. The van der Waals surface area contributed by atoms with Crippen molar-refractivity contribution in [2.75, 3.05) is 24.7 Å². The summed E-state index contributed by atoms with van der Waals surface area (Å²) in [5, 5.41) is 0.117. The Morgan fingerprint density at radius 3 is 2.68 bits per heavy atom. The molecule has 1 aromatic carbocycles. The van der Waals surface area contributed by atoms with Crippen LogP contribution in [0.15, 0.2) is 30.6 Å². The van der Waals surface area contributed by atoms with E-state index in [1.54, 1.807) is 12.3 Å². The summed E-state index contributed by atoms with van der Waals surface area (Å²) in [4.78, 5) is 21.5. The molecule has 0 aliphatic heterocycles. The third-order valence-electron chi connectivity index (χ3n) is 4.44. The van der Waals surface area contributed by atoms with E-state index in [-0.39, 0.29) is 22.7 Å². The summed E-state index contributed by atoms with van der Waals surface area (Å²) in [6.07, 6.45) is 5.32. The molecule has 28 heavy (non-hydrogen) atoms. The summed E-state index contributed by atoms with van der Waals surface area (Å²) in [5.41, 5.74) is 0.965. The van der Waals surface area contributed by atoms with E-state index in [0.29, 0.717) is 43.8 Å². The lowest BCUT2D eigenvalue weighted by Crippen LogP contribution is -2.35. The Balaban J connectivity index is 2.36. The highest BCUT2D eigenvalue weighted by Crippen LogP contribution is 2.34. The van der Waals surface area contributed by atoms with E-state index in [1.807, 2.05) is 13.0 Å². The van der Waals surface area contributed by atoms with Crippen LogP contribution in [0.1, 0.15) is 55.7 Å². The Kier molecular flexibility index (Phi) is 8.80. The molecular weight excluding hydrogens is 381 g/mol. The second-order valence-electron chi connectivity index (χ2n) is 6.82. The van der Waals surface area contributed by atoms with Crippen molar-refractivity contribution in [1.82, 2.24) is 9.97 Å². The van der Waals surface area contributed by atoms with E-state index in [0.717, 1.165) is 6.42 Å². The van der Waals surface area contributed by atoms with Gasteiger partial charge in [-0.15, -0.1) is 0 Å². The van der Waals surface area contributed by atoms with Gasteiger partial charge in [0.05, 0.1) is 30.1 Å². The van der Waals surface area contributed by atoms with Crippen LogP contribution >= 0.6 is 11.6 Å². The molecule has 0 saturated carbocycles. The third-order valence-corrected chi connectivity index (χ3v) is 4.83. The van der Waals surface area contributed by atoms with Gasteiger partial charge in [0.1, 0.15) is 17.3 Å². The lowest BCUT2D eigenvalue weighted by molar-refractivity contribution is 0.106. The number of carbonyl (C=O) groups excluding carboxylic acids is 1. The number of anilines is 1. The number of benzene rings is 1. The first-order valence-electron chi connectivity index (χ1n) is 9.57. The van der Waals surface area contributed by atoms with Gasteiger partial charge in [-0.25, -0.2) is 14.4 Å². The quantitative estimate of drug-likeness (QED) is 0.383. The molecule has 7 heteroatoms. The molecule has 2 unspecified atom stereocenters. The molecule has 1 heterocycles. The monoisotopic (exact) mass is 407 g/mol. The number of nitrogens with zero attached hydrogens (tertiary/aromatic N) is 3. The van der Waals surface area contributed by atoms with Gasteiger partial charge in [0.15, 0.2) is 6.29 Å². The summed E-state index contributed by atoms with van der Waals surface area (Å²) in [7, 11) is 0. The lowest BCUT2D eigenvalue weighted by Gasteiger charge is -2.35. The van der Waals surface area contributed by atoms with Gasteiger partial charge in [-0.3, -0.25) is 4.79 Å². The van der Waals surface area contributed by atoms with E-state index in [1.165, 1.54) is 12.3 Å². The summed E-state index contributed by atoms with van der Waals surface area (Å²) in [6, 6.07) is 4.65. The molecule has 5 nitrogen and oxygen atoms in total. The first kappa shape index (κ1) is 22.2. The van der Waals surface area contributed by atoms with E-state index in [2.05, 4.69) is 28.7 Å². The van der Waals surface area contributed by atoms with Crippen molar-refractivity contribution in [2.45, 2.75) is 39.7 Å². The van der Waals surface area contributed by atoms with Crippen LogP contribution in [-0.2, 0) is 4.74 Å². The second-order valence-corrected chi connectivity index (χ2v) is 7.19. The van der Waals surface area contributed by atoms with Crippen LogP contribution in [0.2, 0.25) is 5.02 Å². The number of rotatable bonds is 11. The largest absolute Gasteiger partial charge is 0.381 e. The summed E-state index contributed by atoms with van der Waals surface area (Å²) in [5.74, 6) is 0.375. The molecule has 0 aliphatic rings. The fourth-order valence-electron chi connectivity index (χ4n) is 3.12. The Hall–Kier alpha value is -2.05. The van der Waals surface area contributed by atoms with Crippen molar-refractivity contribution in [1.29, 1.82) is 0 Å². The molecule has 2 rings (SSSR count). The van der Waals surface area contributed by atoms with Crippen LogP contribution in [0.4, 0.5) is 10.2 Å². The molecule has 1 aromatic heterocycles. The zero-order chi connectivity index (χ0) is 20.5. The fourth-order valence-corrected chi connectivity index (χ4v) is 3.38. The van der Waals surface area contributed by atoms with Crippen molar-refractivity contribution in [3.63, 3.8) is 0 Å². The number of halogens is 2. The van der Waals surface area contributed by atoms with Crippen molar-refractivity contribution >= 4 is 23.7 Å². The maximum Gasteiger partial charge on any atom is 0.170 e. The van der Waals surface area contributed by atoms with Crippen molar-refractivity contribution < 1.29 is 13.9 Å². The molecule has 0 spiro atoms. The van der Waals surface area contributed by atoms with E-state index in [4.69, 9.17) is 16.3 Å². The van der Waals surface area contributed by atoms with E-state index in [9.17, 15) is 9.18 Å². The minimum Gasteiger partial charge on any atom is -0.381 e. The minimum absolute atomic E-state index is 0.117. The lowest BCUT2D eigenvalue weighted by atomic mass is 10.0. The molecule has 0 bridgehead atoms. The van der Waals surface area contributed by atoms with Crippen LogP contribution in [0.5, 0.6) is 0 Å². The second kappa shape index (κ2) is 11.1. The van der Waals surface area contributed by atoms with Crippen LogP contribution < -0.4 is 4.90 Å². The van der Waals surface area contributed by atoms with Crippen LogP contribution in [0.3, 0.4) is 0 Å². The standard InChI is InChI=1S/C21H27ClFN3O2/c1-4-9-28-14-15(3)12-26(20-11-24-16(13-27)10-25-20)19(5-2)17-7-6-8-18(23)21(17)22/h6-8,10-11,13,15,19H,4-5,9,12,14H2,1-3H3. The summed E-state index contributed by atoms with van der Waals surface area (Å²) in [6.45, 7) is 8.13. The van der Waals surface area contributed by atoms with Crippen molar-refractivity contribution in [3.8, 4) is 0 Å². The molecule has 2 aromatic rings. The Morgan fingerprint density at radius 1 is 1.29 bits per heavy atom. The molecule has 0 amide bonds. The van der Waals surface area contributed by atoms with Gasteiger partial charge < -0.3 is 9.64 Å². The molecule has 152 valence electrons. The molecule has 2 atom stereocenters. The summed E-state index contributed by atoms with van der Waals surface area (Å²) < 4.78 is 19.8. The molecule has 0 radical (unpaired) electrons. The van der Waals surface area contributed by atoms with Crippen LogP contribution in [-0.4, -0.2) is 36.0 Å². The van der Waals surface area contributed by atoms with Gasteiger partial charge in [-0.05, 0) is 30.4 Å². The molecule has 0 aliphatic carbocycles. The average Bonchev–Trinajstić information content (AvgIpc) is 2.71. The zero-order valence-corrected chi connectivity index (χ0v) is 17.3. The van der Waals surface area contributed by atoms with Crippen LogP contribution in [0, 0.1) is 11.7 Å². The Morgan fingerprint density at radius 2 is 2.07 bits per heavy atom. The first-order valence-corrected chi connectivity index (χ1v) is 9.95. The third kappa shape index (κ3) is 5.72. The van der Waals surface area contributed by atoms with E-state index >= 15 is 0 Å². The number of aldehydes is 1. The normalized spacial score (nSPS) is 13.2. The van der Waals surface area contributed by atoms with Gasteiger partial charge in [-0.2, -0.15) is 0 Å². The number of hydrogen-bond acceptors (Lipinski definition) is 5. The number of carbonyl (C=O) groups is 1. The minimum atomic E-state index is -0.445. The SMILES string of the molecule is CCCOCC(C)CN(c1cnc(C=O)cn1)C(CC)c1cccc(F)c1Cl. The van der Waals surface area contributed by atoms with Gasteiger partial charge in [0.2, 0.25) is 0 Å². The number of aromatic nitrogens is 2. The van der Waals surface area contributed by atoms with Gasteiger partial charge in [-0.1, -0.05) is 44.5 Å². The fraction of sp³-hybridized carbons (Fsp3) is 0.476. The average molecular weight is 408 g/mol. The molecule has 0 N–H and O–H groups in total. The maximum absolute atomic E-state index is 14.1. The van der Waals surface area contributed by atoms with Crippen LogP contribution in [0.25, 0.3) is 0 Å². The molecule has 0 fully saturated rings. The summed E-state index contributed by atoms with van der Waals surface area (Å²) >= 11 is 6.28. The Bertz CT molecular complexity index is 758. The van der Waals surface area contributed by atoms with Crippen molar-refractivity contribution in [3.05, 3.63) is 52.7 Å². The highest BCUT2D eigenvalue weighted by Gasteiger charge is 2.25. The van der Waals surface area contributed by atoms with Gasteiger partial charge >= 0.3 is 0 Å². The highest BCUT2D eigenvalue weighted by atomic mass is 35.5. The predicted molar refractivity (Wildman–Crippen MR) is 109 cm³/mol. The Labute approximate surface area is 170 Å². The first-order chi connectivity index (χ1) is 13.5. The number of ether oxygens (including phenoxy) is 1. The molecular formula is C21H27ClFN3O2. The smallest absolute Gasteiger partial charge is 0.170 e. The predicted octanol–water partition coefficient (Wildman–Crippen LogP) is 5.10.